The molecule has 1 aromatic carbocycles. The van der Waals surface area contributed by atoms with E-state index in [9.17, 15) is 4.79 Å². The second-order valence-corrected chi connectivity index (χ2v) is 7.34. The Balaban J connectivity index is 2.38. The van der Waals surface area contributed by atoms with Crippen LogP contribution in [0.2, 0.25) is 0 Å². The van der Waals surface area contributed by atoms with Crippen molar-refractivity contribution in [1.82, 2.24) is 5.32 Å². The maximum Gasteiger partial charge on any atom is 0.407 e. The van der Waals surface area contributed by atoms with Gasteiger partial charge in [-0.1, -0.05) is 45.1 Å². The lowest BCUT2D eigenvalue weighted by molar-refractivity contribution is 0.0523. The molecule has 0 aromatic heterocycles. The quantitative estimate of drug-likeness (QED) is 0.458. The minimum atomic E-state index is -0.503. The summed E-state index contributed by atoms with van der Waals surface area (Å²) in [5, 5.41) is 2.74. The van der Waals surface area contributed by atoms with Crippen LogP contribution < -0.4 is 15.8 Å². The van der Waals surface area contributed by atoms with Gasteiger partial charge in [0.25, 0.3) is 0 Å². The summed E-state index contributed by atoms with van der Waals surface area (Å²) in [5.41, 5.74) is 7.02. The van der Waals surface area contributed by atoms with Crippen molar-refractivity contribution in [1.29, 1.82) is 0 Å². The first-order chi connectivity index (χ1) is 11.8. The van der Waals surface area contributed by atoms with Gasteiger partial charge in [-0.15, -0.1) is 0 Å². The van der Waals surface area contributed by atoms with E-state index in [1.807, 2.05) is 39.0 Å². The van der Waals surface area contributed by atoms with E-state index in [0.29, 0.717) is 24.6 Å². The first-order valence-corrected chi connectivity index (χ1v) is 9.30. The van der Waals surface area contributed by atoms with E-state index >= 15 is 0 Å². The lowest BCUT2D eigenvalue weighted by atomic mass is 10.1. The summed E-state index contributed by atoms with van der Waals surface area (Å²) in [6.07, 6.45) is 6.90. The number of alkyl carbamates (subject to hydrolysis) is 1. The molecule has 1 amide bonds. The van der Waals surface area contributed by atoms with Crippen LogP contribution in [0.1, 0.15) is 71.8 Å². The minimum absolute atomic E-state index is 0.378. The molecule has 1 aromatic rings. The zero-order valence-electron chi connectivity index (χ0n) is 16.2. The number of hydrogen-bond donors (Lipinski definition) is 2. The first-order valence-electron chi connectivity index (χ1n) is 9.30. The van der Waals surface area contributed by atoms with Crippen molar-refractivity contribution in [2.24, 2.45) is 0 Å². The van der Waals surface area contributed by atoms with E-state index in [2.05, 4.69) is 12.2 Å². The zero-order valence-corrected chi connectivity index (χ0v) is 16.2. The van der Waals surface area contributed by atoms with Crippen molar-refractivity contribution in [3.05, 3.63) is 23.8 Å². The van der Waals surface area contributed by atoms with E-state index in [1.165, 1.54) is 32.1 Å². The molecule has 0 aliphatic carbocycles. The molecule has 0 heterocycles. The topological polar surface area (TPSA) is 73.6 Å². The van der Waals surface area contributed by atoms with E-state index in [4.69, 9.17) is 15.2 Å². The molecule has 1 rings (SSSR count). The summed E-state index contributed by atoms with van der Waals surface area (Å²) in [6.45, 7) is 8.77. The number of benzene rings is 1. The molecular formula is C20H34N2O3. The fourth-order valence-electron chi connectivity index (χ4n) is 2.37. The van der Waals surface area contributed by atoms with Crippen molar-refractivity contribution >= 4 is 11.8 Å². The number of anilines is 1. The van der Waals surface area contributed by atoms with Gasteiger partial charge in [0, 0.05) is 6.54 Å². The smallest absolute Gasteiger partial charge is 0.407 e. The minimum Gasteiger partial charge on any atom is -0.491 e. The molecule has 5 heteroatoms. The lowest BCUT2D eigenvalue weighted by Gasteiger charge is -2.19. The lowest BCUT2D eigenvalue weighted by Crippen LogP contribution is -2.32. The molecule has 0 spiro atoms. The molecule has 0 aliphatic rings. The molecule has 3 N–H and O–H groups in total. The van der Waals surface area contributed by atoms with Crippen molar-refractivity contribution in [2.75, 3.05) is 12.3 Å². The van der Waals surface area contributed by atoms with Crippen LogP contribution in [0.15, 0.2) is 18.2 Å². The van der Waals surface area contributed by atoms with Crippen LogP contribution in [0.5, 0.6) is 5.75 Å². The van der Waals surface area contributed by atoms with Crippen LogP contribution in [0.4, 0.5) is 10.5 Å². The molecular weight excluding hydrogens is 316 g/mol. The highest BCUT2D eigenvalue weighted by atomic mass is 16.6. The molecule has 0 bridgehead atoms. The summed E-state index contributed by atoms with van der Waals surface area (Å²) in [6, 6.07) is 5.57. The molecule has 0 aliphatic heterocycles. The Morgan fingerprint density at radius 2 is 1.80 bits per heavy atom. The van der Waals surface area contributed by atoms with Gasteiger partial charge in [-0.05, 0) is 44.9 Å². The second-order valence-electron chi connectivity index (χ2n) is 7.34. The Kier molecular flexibility index (Phi) is 9.17. The van der Waals surface area contributed by atoms with Crippen LogP contribution >= 0.6 is 0 Å². The van der Waals surface area contributed by atoms with Crippen LogP contribution in [-0.4, -0.2) is 18.3 Å². The van der Waals surface area contributed by atoms with Gasteiger partial charge in [-0.2, -0.15) is 0 Å². The van der Waals surface area contributed by atoms with Crippen LogP contribution in [0.25, 0.3) is 0 Å². The number of amides is 1. The van der Waals surface area contributed by atoms with Gasteiger partial charge in [0.15, 0.2) is 0 Å². The highest BCUT2D eigenvalue weighted by Gasteiger charge is 2.15. The summed E-state index contributed by atoms with van der Waals surface area (Å²) in [5.74, 6) is 0.678. The van der Waals surface area contributed by atoms with E-state index in [1.54, 1.807) is 0 Å². The average molecular weight is 351 g/mol. The van der Waals surface area contributed by atoms with Crippen LogP contribution in [0.3, 0.4) is 0 Å². The molecule has 0 radical (unpaired) electrons. The molecule has 0 atom stereocenters. The van der Waals surface area contributed by atoms with Gasteiger partial charge < -0.3 is 20.5 Å². The number of ether oxygens (including phenoxy) is 2. The summed E-state index contributed by atoms with van der Waals surface area (Å²) in [7, 11) is 0. The number of nitrogens with two attached hydrogens (primary N) is 1. The van der Waals surface area contributed by atoms with Crippen LogP contribution in [-0.2, 0) is 11.3 Å². The van der Waals surface area contributed by atoms with Crippen molar-refractivity contribution < 1.29 is 14.3 Å². The van der Waals surface area contributed by atoms with E-state index < -0.39 is 11.7 Å². The standard InChI is InChI=1S/C20H34N2O3/c1-5-6-7-8-9-10-13-24-18-14-16(11-12-17(18)21)15-22-19(23)25-20(2,3)4/h11-12,14H,5-10,13,15,21H2,1-4H3,(H,22,23). The van der Waals surface area contributed by atoms with E-state index in [-0.39, 0.29) is 0 Å². The van der Waals surface area contributed by atoms with Gasteiger partial charge in [0.2, 0.25) is 0 Å². The van der Waals surface area contributed by atoms with Gasteiger partial charge in [0.05, 0.1) is 12.3 Å². The monoisotopic (exact) mass is 350 g/mol. The number of carbonyl (C=O) groups is 1. The predicted molar refractivity (Wildman–Crippen MR) is 103 cm³/mol. The Morgan fingerprint density at radius 3 is 2.48 bits per heavy atom. The largest absolute Gasteiger partial charge is 0.491 e. The van der Waals surface area contributed by atoms with Gasteiger partial charge in [-0.25, -0.2) is 4.79 Å². The predicted octanol–water partition coefficient (Wildman–Crippen LogP) is 5.03. The highest BCUT2D eigenvalue weighted by molar-refractivity contribution is 5.67. The SMILES string of the molecule is CCCCCCCCOc1cc(CNC(=O)OC(C)(C)C)ccc1N. The zero-order chi connectivity index (χ0) is 18.7. The maximum absolute atomic E-state index is 11.7. The van der Waals surface area contributed by atoms with Gasteiger partial charge in [-0.3, -0.25) is 0 Å². The Bertz CT molecular complexity index is 524. The summed E-state index contributed by atoms with van der Waals surface area (Å²) in [4.78, 5) is 11.7. The van der Waals surface area contributed by atoms with Crippen LogP contribution in [0, 0.1) is 0 Å². The fourth-order valence-corrected chi connectivity index (χ4v) is 2.37. The van der Waals surface area contributed by atoms with Crippen molar-refractivity contribution in [3.63, 3.8) is 0 Å². The highest BCUT2D eigenvalue weighted by Crippen LogP contribution is 2.23. The number of rotatable bonds is 10. The molecule has 25 heavy (non-hydrogen) atoms. The normalized spacial score (nSPS) is 11.2. The van der Waals surface area contributed by atoms with Gasteiger partial charge >= 0.3 is 6.09 Å². The number of unbranched alkanes of at least 4 members (excludes halogenated alkanes) is 5. The molecule has 142 valence electrons. The van der Waals surface area contributed by atoms with Crippen molar-refractivity contribution in [3.8, 4) is 5.75 Å². The molecule has 0 unspecified atom stereocenters. The molecule has 0 fully saturated rings. The number of nitrogens with one attached hydrogen (secondary N) is 1. The Morgan fingerprint density at radius 1 is 1.12 bits per heavy atom. The molecule has 0 saturated heterocycles. The number of carbonyl (C=O) groups excluding carboxylic acids is 1. The number of hydrogen-bond acceptors (Lipinski definition) is 4. The summed E-state index contributed by atoms with van der Waals surface area (Å²) >= 11 is 0. The van der Waals surface area contributed by atoms with E-state index in [0.717, 1.165) is 12.0 Å². The summed E-state index contributed by atoms with van der Waals surface area (Å²) < 4.78 is 11.0. The third-order valence-electron chi connectivity index (χ3n) is 3.67. The third-order valence-corrected chi connectivity index (χ3v) is 3.67. The first kappa shape index (κ1) is 21.1. The molecule has 5 nitrogen and oxygen atoms in total. The number of nitrogen functional groups attached to an aromatic ring is 1. The van der Waals surface area contributed by atoms with Crippen molar-refractivity contribution in [2.45, 2.75) is 78.4 Å². The fraction of sp³-hybridized carbons (Fsp3) is 0.650. The Hall–Kier alpha value is -1.91. The Labute approximate surface area is 152 Å². The molecule has 0 saturated carbocycles. The second kappa shape index (κ2) is 10.9. The third kappa shape index (κ3) is 9.85. The maximum atomic E-state index is 11.7. The average Bonchev–Trinajstić information content (AvgIpc) is 2.52. The van der Waals surface area contributed by atoms with Gasteiger partial charge in [0.1, 0.15) is 11.4 Å².